The van der Waals surface area contributed by atoms with E-state index in [9.17, 15) is 4.79 Å². The minimum absolute atomic E-state index is 0.136. The molecular weight excluding hydrogens is 305 g/mol. The molecule has 0 aliphatic carbocycles. The maximum absolute atomic E-state index is 11.3. The first kappa shape index (κ1) is 10.3. The fourth-order valence-electron chi connectivity index (χ4n) is 1.12. The topological polar surface area (TPSA) is 58.6 Å². The van der Waals surface area contributed by atoms with E-state index >= 15 is 0 Å². The molecule has 0 saturated carbocycles. The Morgan fingerprint density at radius 1 is 1.27 bits per heavy atom. The van der Waals surface area contributed by atoms with Crippen LogP contribution in [0.25, 0.3) is 11.5 Å². The van der Waals surface area contributed by atoms with Crippen LogP contribution in [0.2, 0.25) is 0 Å². The second-order valence-corrected chi connectivity index (χ2v) is 4.29. The molecule has 2 aromatic heterocycles. The van der Waals surface area contributed by atoms with Crippen molar-refractivity contribution < 1.29 is 0 Å². The predicted octanol–water partition coefficient (Wildman–Crippen LogP) is 1.74. The number of hydrogen-bond donors (Lipinski definition) is 1. The Labute approximate surface area is 99.9 Å². The number of aryl methyl sites for hydroxylation is 1. The molecule has 0 aromatic carbocycles. The lowest BCUT2D eigenvalue weighted by Crippen LogP contribution is -2.11. The van der Waals surface area contributed by atoms with Gasteiger partial charge in [0.2, 0.25) is 0 Å². The van der Waals surface area contributed by atoms with Gasteiger partial charge in [0.15, 0.2) is 5.82 Å². The van der Waals surface area contributed by atoms with E-state index in [2.05, 4.69) is 15.0 Å². The van der Waals surface area contributed by atoms with Gasteiger partial charge in [0.25, 0.3) is 5.56 Å². The summed E-state index contributed by atoms with van der Waals surface area (Å²) in [6.07, 6.45) is 3.28. The van der Waals surface area contributed by atoms with Crippen molar-refractivity contribution >= 4 is 22.6 Å². The highest BCUT2D eigenvalue weighted by molar-refractivity contribution is 14.1. The number of aromatic nitrogens is 3. The van der Waals surface area contributed by atoms with Crippen LogP contribution in [0, 0.1) is 10.5 Å². The van der Waals surface area contributed by atoms with Crippen LogP contribution in [0.5, 0.6) is 0 Å². The molecule has 76 valence electrons. The zero-order chi connectivity index (χ0) is 10.8. The van der Waals surface area contributed by atoms with Crippen molar-refractivity contribution in [2.45, 2.75) is 6.92 Å². The summed E-state index contributed by atoms with van der Waals surface area (Å²) in [6.45, 7) is 1.96. The number of hydrogen-bond acceptors (Lipinski definition) is 3. The minimum atomic E-state index is -0.136. The summed E-state index contributed by atoms with van der Waals surface area (Å²) in [7, 11) is 0. The van der Waals surface area contributed by atoms with Gasteiger partial charge in [-0.2, -0.15) is 0 Å². The molecule has 0 bridgehead atoms. The fraction of sp³-hybridized carbons (Fsp3) is 0.100. The first-order chi connectivity index (χ1) is 7.16. The smallest absolute Gasteiger partial charge is 0.264 e. The standard InChI is InChI=1S/C10H8IN3O/c1-6-2-3-8(12-4-6)9-13-5-7(11)10(15)14-9/h2-5H,1H3,(H,13,14,15). The first-order valence-corrected chi connectivity index (χ1v) is 5.42. The summed E-state index contributed by atoms with van der Waals surface area (Å²) in [5, 5.41) is 0. The summed E-state index contributed by atoms with van der Waals surface area (Å²) >= 11 is 1.94. The molecule has 0 fully saturated rings. The van der Waals surface area contributed by atoms with Crippen molar-refractivity contribution in [1.82, 2.24) is 15.0 Å². The van der Waals surface area contributed by atoms with Crippen molar-refractivity contribution in [3.63, 3.8) is 0 Å². The second-order valence-electron chi connectivity index (χ2n) is 3.13. The normalized spacial score (nSPS) is 10.3. The number of nitrogens with one attached hydrogen (secondary N) is 1. The van der Waals surface area contributed by atoms with Crippen molar-refractivity contribution in [3.05, 3.63) is 44.0 Å². The van der Waals surface area contributed by atoms with Crippen LogP contribution in [0.4, 0.5) is 0 Å². The number of pyridine rings is 1. The molecule has 5 heteroatoms. The predicted molar refractivity (Wildman–Crippen MR) is 65.5 cm³/mol. The molecule has 0 aliphatic heterocycles. The average molecular weight is 313 g/mol. The van der Waals surface area contributed by atoms with Gasteiger partial charge in [0.1, 0.15) is 5.69 Å². The molecular formula is C10H8IN3O. The van der Waals surface area contributed by atoms with E-state index in [4.69, 9.17) is 0 Å². The van der Waals surface area contributed by atoms with Gasteiger partial charge >= 0.3 is 0 Å². The van der Waals surface area contributed by atoms with Crippen LogP contribution < -0.4 is 5.56 Å². The van der Waals surface area contributed by atoms with Gasteiger partial charge in [-0.25, -0.2) is 4.98 Å². The average Bonchev–Trinajstić information content (AvgIpc) is 2.23. The summed E-state index contributed by atoms with van der Waals surface area (Å²) < 4.78 is 0.573. The fourth-order valence-corrected chi connectivity index (χ4v) is 1.39. The summed E-state index contributed by atoms with van der Waals surface area (Å²) in [4.78, 5) is 22.3. The lowest BCUT2D eigenvalue weighted by Gasteiger charge is -1.99. The Balaban J connectivity index is 2.50. The highest BCUT2D eigenvalue weighted by Gasteiger charge is 2.03. The molecule has 2 aromatic rings. The van der Waals surface area contributed by atoms with E-state index < -0.39 is 0 Å². The van der Waals surface area contributed by atoms with E-state index in [-0.39, 0.29) is 5.56 Å². The Morgan fingerprint density at radius 3 is 2.67 bits per heavy atom. The van der Waals surface area contributed by atoms with Crippen LogP contribution in [0.3, 0.4) is 0 Å². The Morgan fingerprint density at radius 2 is 2.07 bits per heavy atom. The summed E-state index contributed by atoms with van der Waals surface area (Å²) in [5.41, 5.74) is 1.61. The molecule has 0 spiro atoms. The lowest BCUT2D eigenvalue weighted by atomic mass is 10.2. The van der Waals surface area contributed by atoms with E-state index in [0.717, 1.165) is 5.56 Å². The van der Waals surface area contributed by atoms with Crippen LogP contribution in [0.1, 0.15) is 5.56 Å². The molecule has 0 atom stereocenters. The third kappa shape index (κ3) is 2.23. The Kier molecular flexibility index (Phi) is 2.81. The molecule has 0 radical (unpaired) electrons. The third-order valence-electron chi connectivity index (χ3n) is 1.91. The van der Waals surface area contributed by atoms with Gasteiger partial charge in [-0.05, 0) is 41.1 Å². The number of halogens is 1. The molecule has 2 heterocycles. The van der Waals surface area contributed by atoms with Crippen LogP contribution >= 0.6 is 22.6 Å². The minimum Gasteiger partial charge on any atom is -0.304 e. The van der Waals surface area contributed by atoms with Gasteiger partial charge in [-0.1, -0.05) is 6.07 Å². The molecule has 1 N–H and O–H groups in total. The highest BCUT2D eigenvalue weighted by atomic mass is 127. The Hall–Kier alpha value is -1.24. The monoisotopic (exact) mass is 313 g/mol. The molecule has 15 heavy (non-hydrogen) atoms. The number of rotatable bonds is 1. The van der Waals surface area contributed by atoms with Gasteiger partial charge in [-0.3, -0.25) is 9.78 Å². The second kappa shape index (κ2) is 4.09. The van der Waals surface area contributed by atoms with Crippen molar-refractivity contribution in [1.29, 1.82) is 0 Å². The number of nitrogens with zero attached hydrogens (tertiary/aromatic N) is 2. The van der Waals surface area contributed by atoms with E-state index in [0.29, 0.717) is 15.1 Å². The number of H-pyrrole nitrogens is 1. The summed E-state index contributed by atoms with van der Waals surface area (Å²) in [6, 6.07) is 3.76. The molecule has 0 amide bonds. The van der Waals surface area contributed by atoms with Crippen LogP contribution in [-0.2, 0) is 0 Å². The molecule has 0 saturated heterocycles. The first-order valence-electron chi connectivity index (χ1n) is 4.34. The van der Waals surface area contributed by atoms with Gasteiger partial charge in [0, 0.05) is 12.4 Å². The zero-order valence-corrected chi connectivity index (χ0v) is 10.1. The van der Waals surface area contributed by atoms with E-state index in [1.54, 1.807) is 6.20 Å². The van der Waals surface area contributed by atoms with E-state index in [1.807, 2.05) is 41.6 Å². The van der Waals surface area contributed by atoms with Crippen molar-refractivity contribution in [3.8, 4) is 11.5 Å². The van der Waals surface area contributed by atoms with Gasteiger partial charge in [0.05, 0.1) is 3.57 Å². The Bertz CT molecular complexity index is 533. The maximum atomic E-state index is 11.3. The quantitative estimate of drug-likeness (QED) is 0.816. The molecule has 4 nitrogen and oxygen atoms in total. The van der Waals surface area contributed by atoms with Gasteiger partial charge < -0.3 is 4.98 Å². The third-order valence-corrected chi connectivity index (χ3v) is 2.68. The highest BCUT2D eigenvalue weighted by Crippen LogP contribution is 2.10. The van der Waals surface area contributed by atoms with Gasteiger partial charge in [-0.15, -0.1) is 0 Å². The zero-order valence-electron chi connectivity index (χ0n) is 7.99. The summed E-state index contributed by atoms with van der Waals surface area (Å²) in [5.74, 6) is 0.500. The molecule has 0 unspecified atom stereocenters. The largest absolute Gasteiger partial charge is 0.304 e. The SMILES string of the molecule is Cc1ccc(-c2ncc(I)c(=O)[nH]2)nc1. The molecule has 2 rings (SSSR count). The van der Waals surface area contributed by atoms with Crippen LogP contribution in [0.15, 0.2) is 29.3 Å². The van der Waals surface area contributed by atoms with Crippen molar-refractivity contribution in [2.75, 3.05) is 0 Å². The van der Waals surface area contributed by atoms with E-state index in [1.165, 1.54) is 6.20 Å². The van der Waals surface area contributed by atoms with Crippen molar-refractivity contribution in [2.24, 2.45) is 0 Å². The van der Waals surface area contributed by atoms with Crippen LogP contribution in [-0.4, -0.2) is 15.0 Å². The maximum Gasteiger partial charge on any atom is 0.264 e. The number of aromatic amines is 1. The lowest BCUT2D eigenvalue weighted by molar-refractivity contribution is 1.08. The molecule has 0 aliphatic rings.